The van der Waals surface area contributed by atoms with Crippen LogP contribution in [0, 0.1) is 0 Å². The predicted molar refractivity (Wildman–Crippen MR) is 214 cm³/mol. The molecule has 0 aliphatic carbocycles. The smallest absolute Gasteiger partial charge is 0.407 e. The molecule has 19 heteroatoms. The minimum Gasteiger partial charge on any atom is -0.480 e. The highest BCUT2D eigenvalue weighted by molar-refractivity contribution is 7.89. The van der Waals surface area contributed by atoms with E-state index in [2.05, 4.69) is 20.1 Å². The second-order valence-corrected chi connectivity index (χ2v) is 17.3. The van der Waals surface area contributed by atoms with Crippen LogP contribution < -0.4 is 20.1 Å². The molecule has 2 unspecified atom stereocenters. The summed E-state index contributed by atoms with van der Waals surface area (Å²) in [6.07, 6.45) is -0.312. The number of rotatable bonds is 25. The summed E-state index contributed by atoms with van der Waals surface area (Å²) in [6.45, 7) is 9.27. The molecule has 3 aromatic rings. The van der Waals surface area contributed by atoms with Gasteiger partial charge in [0.05, 0.1) is 42.3 Å². The molecule has 0 radical (unpaired) electrons. The Morgan fingerprint density at radius 1 is 0.672 bits per heavy atom. The zero-order valence-electron chi connectivity index (χ0n) is 33.1. The van der Waals surface area contributed by atoms with E-state index in [9.17, 15) is 36.3 Å². The Labute approximate surface area is 340 Å². The van der Waals surface area contributed by atoms with Gasteiger partial charge in [-0.25, -0.2) is 31.1 Å². The topological polar surface area (TPSA) is 234 Å². The van der Waals surface area contributed by atoms with Crippen molar-refractivity contribution in [3.63, 3.8) is 0 Å². The minimum atomic E-state index is -4.32. The molecule has 320 valence electrons. The lowest BCUT2D eigenvalue weighted by atomic mass is 10.1. The lowest BCUT2D eigenvalue weighted by molar-refractivity contribution is -0.139. The Bertz CT molecular complexity index is 1940. The molecule has 2 atom stereocenters. The lowest BCUT2D eigenvalue weighted by Crippen LogP contribution is -2.54. The van der Waals surface area contributed by atoms with E-state index in [-0.39, 0.29) is 22.9 Å². The van der Waals surface area contributed by atoms with Crippen molar-refractivity contribution in [3.05, 3.63) is 84.4 Å². The number of carboxylic acid groups (broad SMARTS) is 1. The van der Waals surface area contributed by atoms with E-state index in [1.165, 1.54) is 43.3 Å². The number of carbonyl (C=O) groups is 3. The summed E-state index contributed by atoms with van der Waals surface area (Å²) in [4.78, 5) is 35.5. The van der Waals surface area contributed by atoms with Crippen LogP contribution in [0.2, 0.25) is 0 Å². The van der Waals surface area contributed by atoms with Crippen LogP contribution >= 0.6 is 0 Å². The zero-order chi connectivity index (χ0) is 42.6. The summed E-state index contributed by atoms with van der Waals surface area (Å²) in [5.41, 5.74) is 1.27. The standard InChI is InChI=1S/C39H54N4O13S2/c1-29(42-38(47)56-39(2,3)4)35(36(44)45)43-58(50,51)34-18-14-32(15-19-34)31-12-16-33(17-13-31)57(48,49)41-21-9-23-53-25-27-54-26-24-52-22-8-20-40-37(46)55-28-30-10-6-5-7-11-30/h5-7,10-19,29,35,41,43H,8-9,20-28H2,1-4H3,(H,40,46)(H,42,47)(H,44,45). The van der Waals surface area contributed by atoms with Gasteiger partial charge in [0.25, 0.3) is 0 Å². The van der Waals surface area contributed by atoms with Gasteiger partial charge in [0.15, 0.2) is 0 Å². The molecule has 2 amide bonds. The van der Waals surface area contributed by atoms with Crippen molar-refractivity contribution in [2.75, 3.05) is 52.7 Å². The quantitative estimate of drug-likeness (QED) is 0.0759. The van der Waals surface area contributed by atoms with E-state index in [1.807, 2.05) is 30.3 Å². The molecule has 3 rings (SSSR count). The molecule has 0 saturated heterocycles. The summed E-state index contributed by atoms with van der Waals surface area (Å²) >= 11 is 0. The van der Waals surface area contributed by atoms with Gasteiger partial charge in [-0.15, -0.1) is 0 Å². The van der Waals surface area contributed by atoms with Crippen LogP contribution in [0.4, 0.5) is 9.59 Å². The lowest BCUT2D eigenvalue weighted by Gasteiger charge is -2.25. The Kier molecular flexibility index (Phi) is 19.5. The summed E-state index contributed by atoms with van der Waals surface area (Å²) in [6, 6.07) is 18.2. The number of carboxylic acids is 1. The molecule has 0 aliphatic rings. The summed E-state index contributed by atoms with van der Waals surface area (Å²) in [7, 11) is -8.12. The van der Waals surface area contributed by atoms with E-state index in [0.29, 0.717) is 70.2 Å². The molecule has 58 heavy (non-hydrogen) atoms. The first-order chi connectivity index (χ1) is 27.5. The molecule has 0 saturated carbocycles. The second-order valence-electron chi connectivity index (χ2n) is 13.9. The number of carbonyl (C=O) groups excluding carboxylic acids is 2. The normalized spacial score (nSPS) is 13.0. The molecule has 0 aromatic heterocycles. The largest absolute Gasteiger partial charge is 0.480 e. The van der Waals surface area contributed by atoms with Gasteiger partial charge < -0.3 is 39.4 Å². The number of ether oxygens (including phenoxy) is 5. The average molecular weight is 851 g/mol. The Morgan fingerprint density at radius 3 is 1.69 bits per heavy atom. The second kappa shape index (κ2) is 23.7. The number of aliphatic carboxylic acids is 1. The Morgan fingerprint density at radius 2 is 1.17 bits per heavy atom. The van der Waals surface area contributed by atoms with Crippen LogP contribution in [0.1, 0.15) is 46.1 Å². The number of nitrogens with one attached hydrogen (secondary N) is 4. The molecule has 3 aromatic carbocycles. The first kappa shape index (κ1) is 47.7. The van der Waals surface area contributed by atoms with Gasteiger partial charge in [0, 0.05) is 26.3 Å². The van der Waals surface area contributed by atoms with Crippen molar-refractivity contribution >= 4 is 38.2 Å². The van der Waals surface area contributed by atoms with Gasteiger partial charge in [-0.2, -0.15) is 4.72 Å². The van der Waals surface area contributed by atoms with Crippen LogP contribution in [0.15, 0.2) is 88.7 Å². The van der Waals surface area contributed by atoms with Crippen LogP contribution in [0.5, 0.6) is 0 Å². The predicted octanol–water partition coefficient (Wildman–Crippen LogP) is 4.03. The maximum atomic E-state index is 13.0. The van der Waals surface area contributed by atoms with Gasteiger partial charge in [0.2, 0.25) is 20.0 Å². The van der Waals surface area contributed by atoms with Crippen LogP contribution in [0.3, 0.4) is 0 Å². The molecular formula is C39H54N4O13S2. The maximum absolute atomic E-state index is 13.0. The zero-order valence-corrected chi connectivity index (χ0v) is 34.7. The summed E-state index contributed by atoms with van der Waals surface area (Å²) in [5, 5.41) is 14.7. The maximum Gasteiger partial charge on any atom is 0.407 e. The van der Waals surface area contributed by atoms with Crippen molar-refractivity contribution < 1.29 is 60.0 Å². The minimum absolute atomic E-state index is 0.0441. The van der Waals surface area contributed by atoms with Crippen molar-refractivity contribution in [1.82, 2.24) is 20.1 Å². The van der Waals surface area contributed by atoms with Crippen LogP contribution in [0.25, 0.3) is 11.1 Å². The van der Waals surface area contributed by atoms with Gasteiger partial charge >= 0.3 is 18.2 Å². The fourth-order valence-corrected chi connectivity index (χ4v) is 7.32. The van der Waals surface area contributed by atoms with Gasteiger partial charge in [-0.1, -0.05) is 54.6 Å². The number of amides is 2. The highest BCUT2D eigenvalue weighted by atomic mass is 32.2. The number of benzene rings is 3. The highest BCUT2D eigenvalue weighted by Gasteiger charge is 2.32. The van der Waals surface area contributed by atoms with Crippen molar-refractivity contribution in [1.29, 1.82) is 0 Å². The van der Waals surface area contributed by atoms with Crippen LogP contribution in [-0.4, -0.2) is 111 Å². The van der Waals surface area contributed by atoms with Crippen LogP contribution in [-0.2, 0) is 55.1 Å². The highest BCUT2D eigenvalue weighted by Crippen LogP contribution is 2.23. The first-order valence-electron chi connectivity index (χ1n) is 18.6. The molecule has 5 N–H and O–H groups in total. The summed E-state index contributed by atoms with van der Waals surface area (Å²) < 4.78 is 83.1. The van der Waals surface area contributed by atoms with Gasteiger partial charge in [-0.3, -0.25) is 4.79 Å². The molecule has 0 fully saturated rings. The molecule has 0 aliphatic heterocycles. The molecule has 0 spiro atoms. The SMILES string of the molecule is CC(NC(=O)OC(C)(C)C)C(NS(=O)(=O)c1ccc(-c2ccc(S(=O)(=O)NCCCOCCOCCOCCCNC(=O)OCc3ccccc3)cc2)cc1)C(=O)O. The number of sulfonamides is 2. The molecule has 17 nitrogen and oxygen atoms in total. The molecule has 0 heterocycles. The van der Waals surface area contributed by atoms with Crippen molar-refractivity contribution in [2.45, 2.75) is 74.6 Å². The van der Waals surface area contributed by atoms with E-state index in [0.717, 1.165) is 5.56 Å². The van der Waals surface area contributed by atoms with E-state index in [4.69, 9.17) is 23.7 Å². The fourth-order valence-electron chi connectivity index (χ4n) is 4.98. The van der Waals surface area contributed by atoms with E-state index < -0.39 is 55.9 Å². The molecule has 0 bridgehead atoms. The summed E-state index contributed by atoms with van der Waals surface area (Å²) in [5.74, 6) is -1.50. The third-order valence-electron chi connectivity index (χ3n) is 7.90. The van der Waals surface area contributed by atoms with Crippen molar-refractivity contribution in [2.24, 2.45) is 0 Å². The third-order valence-corrected chi connectivity index (χ3v) is 10.8. The van der Waals surface area contributed by atoms with Gasteiger partial charge in [0.1, 0.15) is 18.2 Å². The van der Waals surface area contributed by atoms with Crippen molar-refractivity contribution in [3.8, 4) is 11.1 Å². The van der Waals surface area contributed by atoms with E-state index in [1.54, 1.807) is 32.9 Å². The van der Waals surface area contributed by atoms with E-state index >= 15 is 0 Å². The van der Waals surface area contributed by atoms with Gasteiger partial charge in [-0.05, 0) is 81.5 Å². The Hall–Kier alpha value is -4.63. The number of hydrogen-bond acceptors (Lipinski definition) is 12. The number of hydrogen-bond donors (Lipinski definition) is 5. The monoisotopic (exact) mass is 850 g/mol. The first-order valence-corrected chi connectivity index (χ1v) is 21.6. The average Bonchev–Trinajstić information content (AvgIpc) is 3.17. The molecular weight excluding hydrogens is 797 g/mol. The third kappa shape index (κ3) is 17.9. The Balaban J connectivity index is 1.29. The number of alkyl carbamates (subject to hydrolysis) is 2. The fraction of sp³-hybridized carbons (Fsp3) is 0.462.